The molecule has 3 nitrogen and oxygen atoms in total. The van der Waals surface area contributed by atoms with Crippen molar-refractivity contribution in [1.29, 1.82) is 0 Å². The van der Waals surface area contributed by atoms with E-state index in [1.54, 1.807) is 17.0 Å². The Hall–Kier alpha value is -3.25. The maximum Gasteiger partial charge on any atom is 0.228 e. The maximum atomic E-state index is 12.7. The first-order chi connectivity index (χ1) is 12.2. The maximum absolute atomic E-state index is 12.7. The lowest BCUT2D eigenvalue weighted by molar-refractivity contribution is -0.119. The van der Waals surface area contributed by atoms with Gasteiger partial charge in [-0.2, -0.15) is 0 Å². The Labute approximate surface area is 146 Å². The molecule has 0 fully saturated rings. The molecule has 1 aliphatic heterocycles. The molecule has 1 amide bonds. The summed E-state index contributed by atoms with van der Waals surface area (Å²) in [6.07, 6.45) is 5.85. The molecule has 3 aromatic carbocycles. The molecule has 0 spiro atoms. The molecule has 1 heterocycles. The Morgan fingerprint density at radius 1 is 1.08 bits per heavy atom. The Morgan fingerprint density at radius 3 is 2.60 bits per heavy atom. The summed E-state index contributed by atoms with van der Waals surface area (Å²) < 4.78 is 0. The molecule has 3 aromatic rings. The highest BCUT2D eigenvalue weighted by molar-refractivity contribution is 6.03. The highest BCUT2D eigenvalue weighted by atomic mass is 16.3. The fourth-order valence-corrected chi connectivity index (χ4v) is 3.66. The number of amides is 1. The number of phenolic OH excluding ortho intramolecular Hbond substituents is 1. The quantitative estimate of drug-likeness (QED) is 0.722. The number of phenols is 1. The van der Waals surface area contributed by atoms with Crippen LogP contribution in [0.15, 0.2) is 60.7 Å². The van der Waals surface area contributed by atoms with Gasteiger partial charge in [-0.15, -0.1) is 6.42 Å². The van der Waals surface area contributed by atoms with Gasteiger partial charge in [-0.05, 0) is 40.1 Å². The van der Waals surface area contributed by atoms with E-state index in [0.717, 1.165) is 27.6 Å². The van der Waals surface area contributed by atoms with E-state index >= 15 is 0 Å². The first-order valence-electron chi connectivity index (χ1n) is 8.23. The van der Waals surface area contributed by atoms with Gasteiger partial charge in [0.2, 0.25) is 5.91 Å². The number of terminal acetylenes is 1. The van der Waals surface area contributed by atoms with Gasteiger partial charge in [-0.25, -0.2) is 0 Å². The Balaban J connectivity index is 1.98. The number of carbonyl (C=O) groups excluding carboxylic acids is 1. The van der Waals surface area contributed by atoms with Crippen molar-refractivity contribution in [3.63, 3.8) is 0 Å². The van der Waals surface area contributed by atoms with Crippen molar-refractivity contribution in [2.75, 3.05) is 11.4 Å². The van der Waals surface area contributed by atoms with Crippen LogP contribution < -0.4 is 4.90 Å². The van der Waals surface area contributed by atoms with Gasteiger partial charge in [0, 0.05) is 18.0 Å². The number of carbonyl (C=O) groups is 1. The van der Waals surface area contributed by atoms with E-state index in [2.05, 4.69) is 18.1 Å². The molecular weight excluding hydrogens is 310 g/mol. The fraction of sp³-hybridized carbons (Fsp3) is 0.136. The van der Waals surface area contributed by atoms with Crippen molar-refractivity contribution in [3.05, 3.63) is 71.8 Å². The van der Waals surface area contributed by atoms with E-state index in [-0.39, 0.29) is 24.1 Å². The summed E-state index contributed by atoms with van der Waals surface area (Å²) in [5, 5.41) is 11.9. The largest absolute Gasteiger partial charge is 0.508 e. The third-order valence-electron chi connectivity index (χ3n) is 4.81. The summed E-state index contributed by atoms with van der Waals surface area (Å²) in [4.78, 5) is 14.4. The van der Waals surface area contributed by atoms with Gasteiger partial charge >= 0.3 is 0 Å². The zero-order valence-corrected chi connectivity index (χ0v) is 13.6. The molecule has 0 bridgehead atoms. The van der Waals surface area contributed by atoms with Crippen LogP contribution in [-0.4, -0.2) is 17.6 Å². The minimum atomic E-state index is -0.0526. The molecule has 122 valence electrons. The number of fused-ring (bicyclic) bond motifs is 3. The van der Waals surface area contributed by atoms with E-state index < -0.39 is 0 Å². The van der Waals surface area contributed by atoms with E-state index in [0.29, 0.717) is 6.42 Å². The van der Waals surface area contributed by atoms with E-state index in [1.165, 1.54) is 0 Å². The molecular formula is C22H17NO2. The average molecular weight is 327 g/mol. The van der Waals surface area contributed by atoms with Crippen LogP contribution in [0.25, 0.3) is 10.8 Å². The molecule has 4 rings (SSSR count). The molecule has 1 aliphatic rings. The standard InChI is InChI=1S/C22H17NO2/c1-2-13-23-20-12-9-15-5-3-4-6-18(15)22(20)19(14-21(23)25)16-7-10-17(24)11-8-16/h1,3-12,19,24H,13-14H2. The van der Waals surface area contributed by atoms with Crippen molar-refractivity contribution in [1.82, 2.24) is 0 Å². The number of benzene rings is 3. The summed E-state index contributed by atoms with van der Waals surface area (Å²) in [6.45, 7) is 0.270. The fourth-order valence-electron chi connectivity index (χ4n) is 3.66. The molecule has 3 heteroatoms. The SMILES string of the molecule is C#CCN1C(=O)CC(c2ccc(O)cc2)c2c1ccc1ccccc21. The van der Waals surface area contributed by atoms with Crippen LogP contribution in [0.2, 0.25) is 0 Å². The predicted octanol–water partition coefficient (Wildman–Crippen LogP) is 4.05. The third-order valence-corrected chi connectivity index (χ3v) is 4.81. The summed E-state index contributed by atoms with van der Waals surface area (Å²) in [5.41, 5.74) is 3.02. The zero-order chi connectivity index (χ0) is 17.4. The molecule has 0 aliphatic carbocycles. The Morgan fingerprint density at radius 2 is 1.84 bits per heavy atom. The average Bonchev–Trinajstić information content (AvgIpc) is 2.64. The zero-order valence-electron chi connectivity index (χ0n) is 13.6. The second-order valence-corrected chi connectivity index (χ2v) is 6.25. The third kappa shape index (κ3) is 2.53. The lowest BCUT2D eigenvalue weighted by Crippen LogP contribution is -2.37. The molecule has 0 radical (unpaired) electrons. The minimum Gasteiger partial charge on any atom is -0.508 e. The van der Waals surface area contributed by atoms with Crippen molar-refractivity contribution in [2.45, 2.75) is 12.3 Å². The summed E-state index contributed by atoms with van der Waals surface area (Å²) >= 11 is 0. The van der Waals surface area contributed by atoms with Crippen LogP contribution in [-0.2, 0) is 4.79 Å². The lowest BCUT2D eigenvalue weighted by Gasteiger charge is -2.34. The molecule has 0 saturated heterocycles. The van der Waals surface area contributed by atoms with Crippen LogP contribution in [0, 0.1) is 12.3 Å². The number of aromatic hydroxyl groups is 1. The summed E-state index contributed by atoms with van der Waals surface area (Å²) in [7, 11) is 0. The summed E-state index contributed by atoms with van der Waals surface area (Å²) in [6, 6.07) is 19.3. The first kappa shape index (κ1) is 15.3. The number of hydrogen-bond donors (Lipinski definition) is 1. The number of hydrogen-bond acceptors (Lipinski definition) is 2. The minimum absolute atomic E-state index is 0.0267. The van der Waals surface area contributed by atoms with Crippen molar-refractivity contribution in [2.24, 2.45) is 0 Å². The van der Waals surface area contributed by atoms with Crippen LogP contribution >= 0.6 is 0 Å². The number of nitrogens with zero attached hydrogens (tertiary/aromatic N) is 1. The Kier molecular flexibility index (Phi) is 3.66. The molecule has 0 aromatic heterocycles. The normalized spacial score (nSPS) is 16.5. The van der Waals surface area contributed by atoms with Gasteiger partial charge in [0.05, 0.1) is 6.54 Å². The number of anilines is 1. The van der Waals surface area contributed by atoms with Crippen molar-refractivity contribution < 1.29 is 9.90 Å². The number of rotatable bonds is 2. The Bertz CT molecular complexity index is 999. The van der Waals surface area contributed by atoms with Gasteiger partial charge in [0.25, 0.3) is 0 Å². The van der Waals surface area contributed by atoms with E-state index in [4.69, 9.17) is 6.42 Å². The van der Waals surface area contributed by atoms with Crippen LogP contribution in [0.5, 0.6) is 5.75 Å². The predicted molar refractivity (Wildman–Crippen MR) is 99.7 cm³/mol. The van der Waals surface area contributed by atoms with Crippen molar-refractivity contribution >= 4 is 22.4 Å². The van der Waals surface area contributed by atoms with Crippen LogP contribution in [0.4, 0.5) is 5.69 Å². The van der Waals surface area contributed by atoms with Gasteiger partial charge in [0.15, 0.2) is 0 Å². The second-order valence-electron chi connectivity index (χ2n) is 6.25. The highest BCUT2D eigenvalue weighted by Gasteiger charge is 2.33. The smallest absolute Gasteiger partial charge is 0.228 e. The first-order valence-corrected chi connectivity index (χ1v) is 8.23. The van der Waals surface area contributed by atoms with Gasteiger partial charge in [-0.1, -0.05) is 48.4 Å². The van der Waals surface area contributed by atoms with Crippen LogP contribution in [0.3, 0.4) is 0 Å². The van der Waals surface area contributed by atoms with Gasteiger partial charge in [-0.3, -0.25) is 4.79 Å². The van der Waals surface area contributed by atoms with Gasteiger partial charge in [0.1, 0.15) is 5.75 Å². The summed E-state index contributed by atoms with van der Waals surface area (Å²) in [5.74, 6) is 2.79. The highest BCUT2D eigenvalue weighted by Crippen LogP contribution is 2.44. The topological polar surface area (TPSA) is 40.5 Å². The van der Waals surface area contributed by atoms with E-state index in [9.17, 15) is 9.90 Å². The van der Waals surface area contributed by atoms with Crippen molar-refractivity contribution in [3.8, 4) is 18.1 Å². The lowest BCUT2D eigenvalue weighted by atomic mass is 9.81. The second kappa shape index (κ2) is 5.99. The molecule has 1 atom stereocenters. The monoisotopic (exact) mass is 327 g/mol. The molecule has 0 saturated carbocycles. The van der Waals surface area contributed by atoms with Crippen LogP contribution in [0.1, 0.15) is 23.5 Å². The molecule has 1 unspecified atom stereocenters. The van der Waals surface area contributed by atoms with E-state index in [1.807, 2.05) is 36.4 Å². The molecule has 25 heavy (non-hydrogen) atoms. The van der Waals surface area contributed by atoms with Gasteiger partial charge < -0.3 is 10.0 Å². The molecule has 1 N–H and O–H groups in total.